The van der Waals surface area contributed by atoms with Gasteiger partial charge in [-0.05, 0) is 25.7 Å². The predicted octanol–water partition coefficient (Wildman–Crippen LogP) is 4.38. The molecule has 1 unspecified atom stereocenters. The second kappa shape index (κ2) is 17.8. The molecule has 0 radical (unpaired) electrons. The molecule has 0 amide bonds. The molecule has 0 bridgehead atoms. The van der Waals surface area contributed by atoms with Crippen LogP contribution in [0.1, 0.15) is 105 Å². The highest BCUT2D eigenvalue weighted by molar-refractivity contribution is 5.72. The standard InChI is InChI=1S/C27H42O9/c1-6-11-15-20(28)32-19(10-5)24-25(33-21(29)16-12-7-2)26(34-22(30)17-13-8-3)27(36-24)35-23(31)18-14-9-4/h5,19,24-27H,6-9,11-18H2,1-4H3/t19?,24-,25-,26+,27+/m1/s1. The molecule has 0 aromatic heterocycles. The number of rotatable bonds is 17. The van der Waals surface area contributed by atoms with Crippen LogP contribution in [0, 0.1) is 12.3 Å². The third-order valence-electron chi connectivity index (χ3n) is 5.65. The van der Waals surface area contributed by atoms with Crippen LogP contribution in [-0.4, -0.2) is 54.6 Å². The van der Waals surface area contributed by atoms with Crippen molar-refractivity contribution >= 4 is 23.9 Å². The maximum absolute atomic E-state index is 12.6. The van der Waals surface area contributed by atoms with E-state index in [0.29, 0.717) is 25.7 Å². The van der Waals surface area contributed by atoms with E-state index in [9.17, 15) is 19.2 Å². The lowest BCUT2D eigenvalue weighted by atomic mass is 10.0. The Bertz CT molecular complexity index is 742. The molecule has 9 nitrogen and oxygen atoms in total. The first-order valence-corrected chi connectivity index (χ1v) is 13.2. The molecule has 1 aliphatic rings. The number of unbranched alkanes of at least 4 members (excludes halogenated alkanes) is 4. The lowest BCUT2D eigenvalue weighted by molar-refractivity contribution is -0.201. The van der Waals surface area contributed by atoms with Gasteiger partial charge in [0.15, 0.2) is 18.3 Å². The van der Waals surface area contributed by atoms with Gasteiger partial charge in [-0.15, -0.1) is 6.42 Å². The molecular formula is C27H42O9. The Hall–Kier alpha value is -2.60. The molecule has 0 aliphatic carbocycles. The minimum atomic E-state index is -1.36. The summed E-state index contributed by atoms with van der Waals surface area (Å²) in [6, 6.07) is 0. The Morgan fingerprint density at radius 1 is 0.694 bits per heavy atom. The van der Waals surface area contributed by atoms with Crippen molar-refractivity contribution in [2.45, 2.75) is 135 Å². The van der Waals surface area contributed by atoms with Crippen molar-refractivity contribution in [1.82, 2.24) is 0 Å². The molecule has 1 fully saturated rings. The molecule has 9 heteroatoms. The SMILES string of the molecule is C#CC(OC(=O)CCCC)[C@H]1O[C@H](OC(=O)CCCC)[C@@H](OC(=O)CCCC)[C@@H]1OC(=O)CCCC. The first-order chi connectivity index (χ1) is 17.3. The first kappa shape index (κ1) is 31.4. The predicted molar refractivity (Wildman–Crippen MR) is 131 cm³/mol. The Kier molecular flexibility index (Phi) is 15.5. The van der Waals surface area contributed by atoms with Gasteiger partial charge in [0, 0.05) is 25.7 Å². The van der Waals surface area contributed by atoms with Gasteiger partial charge in [-0.25, -0.2) is 0 Å². The Morgan fingerprint density at radius 2 is 1.11 bits per heavy atom. The van der Waals surface area contributed by atoms with Crippen LogP contribution in [0.2, 0.25) is 0 Å². The summed E-state index contributed by atoms with van der Waals surface area (Å²) in [6.45, 7) is 7.74. The van der Waals surface area contributed by atoms with E-state index in [4.69, 9.17) is 30.1 Å². The van der Waals surface area contributed by atoms with Crippen LogP contribution in [0.5, 0.6) is 0 Å². The first-order valence-electron chi connectivity index (χ1n) is 13.2. The molecular weight excluding hydrogens is 468 g/mol. The van der Waals surface area contributed by atoms with E-state index in [0.717, 1.165) is 25.7 Å². The molecule has 1 aliphatic heterocycles. The lowest BCUT2D eigenvalue weighted by Gasteiger charge is -2.26. The van der Waals surface area contributed by atoms with Crippen LogP contribution in [0.15, 0.2) is 0 Å². The van der Waals surface area contributed by atoms with Gasteiger partial charge in [-0.2, -0.15) is 0 Å². The number of ether oxygens (including phenoxy) is 5. The Morgan fingerprint density at radius 3 is 1.56 bits per heavy atom. The van der Waals surface area contributed by atoms with E-state index in [-0.39, 0.29) is 25.7 Å². The average Bonchev–Trinajstić information content (AvgIpc) is 3.17. The quantitative estimate of drug-likeness (QED) is 0.160. The van der Waals surface area contributed by atoms with E-state index >= 15 is 0 Å². The van der Waals surface area contributed by atoms with Gasteiger partial charge in [0.2, 0.25) is 12.4 Å². The van der Waals surface area contributed by atoms with Crippen LogP contribution in [0.3, 0.4) is 0 Å². The second-order valence-electron chi connectivity index (χ2n) is 8.86. The largest absolute Gasteiger partial charge is 0.455 e. The molecule has 0 spiro atoms. The zero-order valence-corrected chi connectivity index (χ0v) is 22.1. The summed E-state index contributed by atoms with van der Waals surface area (Å²) in [5.74, 6) is 0.201. The van der Waals surface area contributed by atoms with Crippen molar-refractivity contribution in [3.05, 3.63) is 0 Å². The van der Waals surface area contributed by atoms with Crippen molar-refractivity contribution in [2.24, 2.45) is 0 Å². The van der Waals surface area contributed by atoms with Crippen LogP contribution in [-0.2, 0) is 42.9 Å². The van der Waals surface area contributed by atoms with Gasteiger partial charge in [0.1, 0.15) is 0 Å². The fraction of sp³-hybridized carbons (Fsp3) is 0.778. The van der Waals surface area contributed by atoms with Crippen molar-refractivity contribution in [2.75, 3.05) is 0 Å². The monoisotopic (exact) mass is 510 g/mol. The highest BCUT2D eigenvalue weighted by Gasteiger charge is 2.55. The fourth-order valence-electron chi connectivity index (χ4n) is 3.54. The van der Waals surface area contributed by atoms with Crippen molar-refractivity contribution < 1.29 is 42.9 Å². The van der Waals surface area contributed by atoms with Crippen LogP contribution in [0.4, 0.5) is 0 Å². The van der Waals surface area contributed by atoms with E-state index < -0.39 is 54.6 Å². The summed E-state index contributed by atoms with van der Waals surface area (Å²) in [5, 5.41) is 0. The fourth-order valence-corrected chi connectivity index (χ4v) is 3.54. The molecule has 0 aromatic rings. The maximum atomic E-state index is 12.6. The topological polar surface area (TPSA) is 114 Å². The second-order valence-corrected chi connectivity index (χ2v) is 8.86. The van der Waals surface area contributed by atoms with Gasteiger partial charge in [-0.3, -0.25) is 19.2 Å². The van der Waals surface area contributed by atoms with Gasteiger partial charge >= 0.3 is 23.9 Å². The summed E-state index contributed by atoms with van der Waals surface area (Å²) in [4.78, 5) is 49.8. The third-order valence-corrected chi connectivity index (χ3v) is 5.65. The van der Waals surface area contributed by atoms with E-state index in [1.54, 1.807) is 0 Å². The van der Waals surface area contributed by atoms with Crippen molar-refractivity contribution in [3.63, 3.8) is 0 Å². The molecule has 0 aromatic carbocycles. The zero-order valence-electron chi connectivity index (χ0n) is 22.1. The Labute approximate surface area is 214 Å². The summed E-state index contributed by atoms with van der Waals surface area (Å²) in [6.07, 6.45) is 5.51. The summed E-state index contributed by atoms with van der Waals surface area (Å²) in [5.41, 5.74) is 0. The number of hydrogen-bond donors (Lipinski definition) is 0. The minimum Gasteiger partial charge on any atom is -0.455 e. The van der Waals surface area contributed by atoms with Crippen LogP contribution in [0.25, 0.3) is 0 Å². The van der Waals surface area contributed by atoms with Crippen molar-refractivity contribution in [1.29, 1.82) is 0 Å². The molecule has 36 heavy (non-hydrogen) atoms. The van der Waals surface area contributed by atoms with Gasteiger partial charge in [-0.1, -0.05) is 59.3 Å². The molecule has 204 valence electrons. The maximum Gasteiger partial charge on any atom is 0.308 e. The van der Waals surface area contributed by atoms with Gasteiger partial charge in [0.05, 0.1) is 0 Å². The van der Waals surface area contributed by atoms with E-state index in [1.165, 1.54) is 0 Å². The summed E-state index contributed by atoms with van der Waals surface area (Å²) >= 11 is 0. The normalized spacial score (nSPS) is 21.8. The number of hydrogen-bond acceptors (Lipinski definition) is 9. The van der Waals surface area contributed by atoms with E-state index in [1.807, 2.05) is 27.7 Å². The smallest absolute Gasteiger partial charge is 0.308 e. The lowest BCUT2D eigenvalue weighted by Crippen LogP contribution is -2.45. The van der Waals surface area contributed by atoms with Crippen LogP contribution >= 0.6 is 0 Å². The van der Waals surface area contributed by atoms with Gasteiger partial charge < -0.3 is 23.7 Å². The zero-order chi connectivity index (χ0) is 26.9. The molecule has 0 N–H and O–H groups in total. The molecule has 1 rings (SSSR count). The summed E-state index contributed by atoms with van der Waals surface area (Å²) < 4.78 is 28.1. The Balaban J connectivity index is 3.24. The third kappa shape index (κ3) is 11.0. The molecule has 1 heterocycles. The van der Waals surface area contributed by atoms with E-state index in [2.05, 4.69) is 5.92 Å². The number of carbonyl (C=O) groups excluding carboxylic acids is 4. The average molecular weight is 511 g/mol. The van der Waals surface area contributed by atoms with Gasteiger partial charge in [0.25, 0.3) is 0 Å². The van der Waals surface area contributed by atoms with Crippen molar-refractivity contribution in [3.8, 4) is 12.3 Å². The molecule has 0 saturated carbocycles. The molecule has 1 saturated heterocycles. The summed E-state index contributed by atoms with van der Waals surface area (Å²) in [7, 11) is 0. The highest BCUT2D eigenvalue weighted by Crippen LogP contribution is 2.32. The number of esters is 4. The van der Waals surface area contributed by atoms with Crippen LogP contribution < -0.4 is 0 Å². The minimum absolute atomic E-state index is 0.133. The highest BCUT2D eigenvalue weighted by atomic mass is 16.8. The molecule has 5 atom stereocenters. The number of carbonyl (C=O) groups is 4. The number of terminal acetylenes is 1.